The van der Waals surface area contributed by atoms with Gasteiger partial charge in [-0.3, -0.25) is 4.18 Å². The van der Waals surface area contributed by atoms with Crippen LogP contribution in [0, 0.1) is 6.92 Å². The fourth-order valence-electron chi connectivity index (χ4n) is 2.44. The second-order valence-corrected chi connectivity index (χ2v) is 8.41. The standard InChI is InChI=1S/C14H22O4S.C7H16O2/c1-13-7-9-14(10-8-13)19(16,17)18-12-6-4-2-3-5-11-15;8-6-4-2-1-3-5-7-9/h7-10,15H,2-6,11-12H2,1H3;8-9H,1-7H2. The number of hydrogen-bond acceptors (Lipinski definition) is 6. The third kappa shape index (κ3) is 15.0. The first kappa shape index (κ1) is 27.0. The van der Waals surface area contributed by atoms with Crippen LogP contribution in [-0.2, 0) is 14.3 Å². The molecule has 0 fully saturated rings. The summed E-state index contributed by atoms with van der Waals surface area (Å²) in [5, 5.41) is 25.4. The lowest BCUT2D eigenvalue weighted by Gasteiger charge is -2.06. The summed E-state index contributed by atoms with van der Waals surface area (Å²) in [5.41, 5.74) is 1.02. The van der Waals surface area contributed by atoms with Gasteiger partial charge in [0, 0.05) is 19.8 Å². The van der Waals surface area contributed by atoms with E-state index in [0.717, 1.165) is 69.8 Å². The van der Waals surface area contributed by atoms with Crippen molar-refractivity contribution in [3.05, 3.63) is 29.8 Å². The van der Waals surface area contributed by atoms with Crippen molar-refractivity contribution in [2.24, 2.45) is 0 Å². The Bertz CT molecular complexity index is 551. The first-order chi connectivity index (χ1) is 13.5. The maximum atomic E-state index is 11.8. The van der Waals surface area contributed by atoms with Crippen LogP contribution in [0.2, 0.25) is 0 Å². The van der Waals surface area contributed by atoms with Gasteiger partial charge in [-0.05, 0) is 44.7 Å². The van der Waals surface area contributed by atoms with Gasteiger partial charge in [-0.25, -0.2) is 0 Å². The molecule has 1 aromatic carbocycles. The molecule has 0 radical (unpaired) electrons. The molecule has 0 aliphatic heterocycles. The molecule has 0 aliphatic rings. The summed E-state index contributed by atoms with van der Waals surface area (Å²) in [6.45, 7) is 2.95. The molecule has 0 amide bonds. The van der Waals surface area contributed by atoms with Crippen molar-refractivity contribution < 1.29 is 27.9 Å². The second kappa shape index (κ2) is 18.1. The van der Waals surface area contributed by atoms with E-state index in [-0.39, 0.29) is 18.1 Å². The Hall–Kier alpha value is -0.990. The van der Waals surface area contributed by atoms with Crippen molar-refractivity contribution in [2.45, 2.75) is 76.0 Å². The van der Waals surface area contributed by atoms with E-state index in [1.165, 1.54) is 0 Å². The molecule has 28 heavy (non-hydrogen) atoms. The van der Waals surface area contributed by atoms with E-state index in [9.17, 15) is 8.42 Å². The largest absolute Gasteiger partial charge is 0.396 e. The van der Waals surface area contributed by atoms with Gasteiger partial charge in [0.2, 0.25) is 0 Å². The molecule has 0 saturated carbocycles. The number of benzene rings is 1. The highest BCUT2D eigenvalue weighted by Crippen LogP contribution is 2.14. The minimum atomic E-state index is -3.61. The predicted molar refractivity (Wildman–Crippen MR) is 112 cm³/mol. The van der Waals surface area contributed by atoms with Crippen molar-refractivity contribution in [1.82, 2.24) is 0 Å². The van der Waals surface area contributed by atoms with E-state index < -0.39 is 10.1 Å². The van der Waals surface area contributed by atoms with Crippen LogP contribution in [0.25, 0.3) is 0 Å². The van der Waals surface area contributed by atoms with Gasteiger partial charge in [0.05, 0.1) is 11.5 Å². The maximum absolute atomic E-state index is 11.8. The van der Waals surface area contributed by atoms with Crippen LogP contribution >= 0.6 is 0 Å². The van der Waals surface area contributed by atoms with Gasteiger partial charge in [-0.2, -0.15) is 8.42 Å². The Kier molecular flexibility index (Phi) is 17.4. The monoisotopic (exact) mass is 418 g/mol. The Balaban J connectivity index is 0.000000684. The van der Waals surface area contributed by atoms with Crippen molar-refractivity contribution in [1.29, 1.82) is 0 Å². The average molecular weight is 419 g/mol. The summed E-state index contributed by atoms with van der Waals surface area (Å²) in [7, 11) is -3.61. The molecule has 0 atom stereocenters. The Morgan fingerprint density at radius 2 is 1.07 bits per heavy atom. The third-order valence-corrected chi connectivity index (χ3v) is 5.49. The van der Waals surface area contributed by atoms with Crippen molar-refractivity contribution >= 4 is 10.1 Å². The lowest BCUT2D eigenvalue weighted by atomic mass is 10.2. The summed E-state index contributed by atoms with van der Waals surface area (Å²) in [6, 6.07) is 6.63. The molecule has 0 heterocycles. The van der Waals surface area contributed by atoms with Gasteiger partial charge in [-0.1, -0.05) is 56.2 Å². The van der Waals surface area contributed by atoms with E-state index >= 15 is 0 Å². The lowest BCUT2D eigenvalue weighted by molar-refractivity contribution is 0.272. The van der Waals surface area contributed by atoms with Crippen LogP contribution in [0.3, 0.4) is 0 Å². The van der Waals surface area contributed by atoms with Gasteiger partial charge < -0.3 is 15.3 Å². The summed E-state index contributed by atoms with van der Waals surface area (Å²) in [5.74, 6) is 0. The van der Waals surface area contributed by atoms with E-state index in [4.69, 9.17) is 19.5 Å². The Morgan fingerprint density at radius 1 is 0.679 bits per heavy atom. The zero-order chi connectivity index (χ0) is 21.1. The Labute approximate surface area is 170 Å². The highest BCUT2D eigenvalue weighted by atomic mass is 32.2. The van der Waals surface area contributed by atoms with Crippen molar-refractivity contribution in [3.63, 3.8) is 0 Å². The molecule has 0 spiro atoms. The van der Waals surface area contributed by atoms with Crippen LogP contribution in [0.15, 0.2) is 29.2 Å². The van der Waals surface area contributed by atoms with Crippen LogP contribution < -0.4 is 0 Å². The number of unbranched alkanes of at least 4 members (excludes halogenated alkanes) is 8. The molecule has 0 bridgehead atoms. The molecule has 164 valence electrons. The first-order valence-electron chi connectivity index (χ1n) is 10.3. The molecule has 0 aromatic heterocycles. The van der Waals surface area contributed by atoms with E-state index in [1.807, 2.05) is 6.92 Å². The van der Waals surface area contributed by atoms with E-state index in [1.54, 1.807) is 24.3 Å². The van der Waals surface area contributed by atoms with Gasteiger partial charge in [0.25, 0.3) is 10.1 Å². The van der Waals surface area contributed by atoms with Crippen LogP contribution in [0.1, 0.15) is 69.8 Å². The van der Waals surface area contributed by atoms with Crippen molar-refractivity contribution in [3.8, 4) is 0 Å². The third-order valence-electron chi connectivity index (χ3n) is 4.17. The summed E-state index contributed by atoms with van der Waals surface area (Å²) in [4.78, 5) is 0.207. The van der Waals surface area contributed by atoms with Gasteiger partial charge in [-0.15, -0.1) is 0 Å². The summed E-state index contributed by atoms with van der Waals surface area (Å²) >= 11 is 0. The quantitative estimate of drug-likeness (QED) is 0.297. The van der Waals surface area contributed by atoms with Crippen LogP contribution in [0.4, 0.5) is 0 Å². The number of rotatable bonds is 15. The highest BCUT2D eigenvalue weighted by Gasteiger charge is 2.14. The molecule has 1 aromatic rings. The molecule has 0 unspecified atom stereocenters. The molecule has 0 saturated heterocycles. The molecule has 0 aliphatic carbocycles. The first-order valence-corrected chi connectivity index (χ1v) is 11.7. The zero-order valence-corrected chi connectivity index (χ0v) is 18.0. The summed E-state index contributed by atoms with van der Waals surface area (Å²) in [6.07, 6.45) is 9.56. The molecule has 1 rings (SSSR count). The smallest absolute Gasteiger partial charge is 0.296 e. The number of hydrogen-bond donors (Lipinski definition) is 3. The normalized spacial score (nSPS) is 11.1. The summed E-state index contributed by atoms with van der Waals surface area (Å²) < 4.78 is 28.6. The number of aliphatic hydroxyl groups is 3. The van der Waals surface area contributed by atoms with Gasteiger partial charge in [0.1, 0.15) is 0 Å². The SMILES string of the molecule is Cc1ccc(S(=O)(=O)OCCCCCCCO)cc1.OCCCCCCCO. The molecule has 3 N–H and O–H groups in total. The number of aliphatic hydroxyl groups excluding tert-OH is 3. The lowest BCUT2D eigenvalue weighted by Crippen LogP contribution is -2.07. The van der Waals surface area contributed by atoms with Crippen LogP contribution in [0.5, 0.6) is 0 Å². The zero-order valence-electron chi connectivity index (χ0n) is 17.2. The fourth-order valence-corrected chi connectivity index (χ4v) is 3.38. The fraction of sp³-hybridized carbons (Fsp3) is 0.714. The predicted octanol–water partition coefficient (Wildman–Crippen LogP) is 3.56. The maximum Gasteiger partial charge on any atom is 0.296 e. The average Bonchev–Trinajstić information content (AvgIpc) is 2.68. The molecule has 7 heteroatoms. The second-order valence-electron chi connectivity index (χ2n) is 6.80. The molecular formula is C21H38O6S. The topological polar surface area (TPSA) is 104 Å². The molecule has 6 nitrogen and oxygen atoms in total. The van der Waals surface area contributed by atoms with Gasteiger partial charge >= 0.3 is 0 Å². The Morgan fingerprint density at radius 3 is 1.50 bits per heavy atom. The number of aryl methyl sites for hydroxylation is 1. The van der Waals surface area contributed by atoms with Gasteiger partial charge in [0.15, 0.2) is 0 Å². The van der Waals surface area contributed by atoms with Crippen LogP contribution in [-0.4, -0.2) is 50.2 Å². The highest BCUT2D eigenvalue weighted by molar-refractivity contribution is 7.86. The van der Waals surface area contributed by atoms with E-state index in [2.05, 4.69) is 0 Å². The molecular weight excluding hydrogens is 380 g/mol. The van der Waals surface area contributed by atoms with E-state index in [0.29, 0.717) is 13.2 Å². The minimum absolute atomic E-state index is 0.207. The van der Waals surface area contributed by atoms with Crippen molar-refractivity contribution in [2.75, 3.05) is 26.4 Å². The minimum Gasteiger partial charge on any atom is -0.396 e.